The van der Waals surface area contributed by atoms with E-state index < -0.39 is 0 Å². The van der Waals surface area contributed by atoms with Gasteiger partial charge in [0.2, 0.25) is 0 Å². The van der Waals surface area contributed by atoms with Crippen molar-refractivity contribution in [2.24, 2.45) is 0 Å². The second kappa shape index (κ2) is 7.08. The number of hydrogen-bond acceptors (Lipinski definition) is 5. The normalized spacial score (nSPS) is 28.5. The summed E-state index contributed by atoms with van der Waals surface area (Å²) in [7, 11) is 5.45. The van der Waals surface area contributed by atoms with Gasteiger partial charge in [0.15, 0.2) is 11.5 Å². The summed E-state index contributed by atoms with van der Waals surface area (Å²) in [5, 5.41) is 0. The van der Waals surface area contributed by atoms with Gasteiger partial charge in [-0.1, -0.05) is 19.1 Å². The Morgan fingerprint density at radius 2 is 2.04 bits per heavy atom. The molecule has 2 aliphatic rings. The summed E-state index contributed by atoms with van der Waals surface area (Å²) >= 11 is 0. The van der Waals surface area contributed by atoms with E-state index >= 15 is 0 Å². The van der Waals surface area contributed by atoms with Crippen molar-refractivity contribution in [1.82, 2.24) is 4.90 Å². The molecule has 1 aliphatic carbocycles. The average molecular weight is 345 g/mol. The van der Waals surface area contributed by atoms with Crippen molar-refractivity contribution in [3.63, 3.8) is 0 Å². The summed E-state index contributed by atoms with van der Waals surface area (Å²) < 4.78 is 16.4. The molecule has 3 rings (SSSR count). The molecule has 0 radical (unpaired) electrons. The highest BCUT2D eigenvalue weighted by Crippen LogP contribution is 2.47. The van der Waals surface area contributed by atoms with E-state index in [1.54, 1.807) is 14.2 Å². The molecule has 136 valence electrons. The van der Waals surface area contributed by atoms with E-state index in [1.807, 2.05) is 13.0 Å². The lowest BCUT2D eigenvalue weighted by Crippen LogP contribution is -2.45. The van der Waals surface area contributed by atoms with E-state index in [1.165, 1.54) is 5.56 Å². The number of nitrogens with zero attached hydrogens (tertiary/aromatic N) is 1. The topological polar surface area (TPSA) is 48.0 Å². The number of benzene rings is 1. The summed E-state index contributed by atoms with van der Waals surface area (Å²) in [6.45, 7) is 2.84. The maximum absolute atomic E-state index is 11.7. The van der Waals surface area contributed by atoms with Gasteiger partial charge in [-0.3, -0.25) is 4.79 Å². The molecule has 0 bridgehead atoms. The highest BCUT2D eigenvalue weighted by Gasteiger charge is 2.48. The molecule has 25 heavy (non-hydrogen) atoms. The van der Waals surface area contributed by atoms with Crippen molar-refractivity contribution < 1.29 is 19.0 Å². The Morgan fingerprint density at radius 3 is 2.72 bits per heavy atom. The fraction of sp³-hybridized carbons (Fsp3) is 0.550. The number of esters is 1. The van der Waals surface area contributed by atoms with E-state index in [2.05, 4.69) is 36.2 Å². The van der Waals surface area contributed by atoms with Crippen LogP contribution in [-0.4, -0.2) is 50.8 Å². The van der Waals surface area contributed by atoms with Gasteiger partial charge >= 0.3 is 5.97 Å². The SMILES string of the molecule is CCC(=O)O[C@@H]1C=C[C@@]2(c3ccc(OC)c(OC)c3)CCN(C)[C@H]2C1. The van der Waals surface area contributed by atoms with E-state index in [0.29, 0.717) is 12.5 Å². The van der Waals surface area contributed by atoms with Gasteiger partial charge in [-0.05, 0) is 43.8 Å². The Balaban J connectivity index is 1.95. The van der Waals surface area contributed by atoms with Crippen molar-refractivity contribution in [2.75, 3.05) is 27.8 Å². The first-order valence-corrected chi connectivity index (χ1v) is 8.85. The fourth-order valence-corrected chi connectivity index (χ4v) is 4.14. The Morgan fingerprint density at radius 1 is 1.28 bits per heavy atom. The minimum absolute atomic E-state index is 0.0799. The van der Waals surface area contributed by atoms with Crippen LogP contribution in [0.2, 0.25) is 0 Å². The molecule has 1 heterocycles. The average Bonchev–Trinajstić information content (AvgIpc) is 2.98. The van der Waals surface area contributed by atoms with Gasteiger partial charge in [-0.15, -0.1) is 0 Å². The van der Waals surface area contributed by atoms with Gasteiger partial charge in [0.1, 0.15) is 6.10 Å². The fourth-order valence-electron chi connectivity index (χ4n) is 4.14. The molecule has 1 aliphatic heterocycles. The van der Waals surface area contributed by atoms with Crippen LogP contribution < -0.4 is 9.47 Å². The predicted molar refractivity (Wildman–Crippen MR) is 96.2 cm³/mol. The molecule has 0 amide bonds. The van der Waals surface area contributed by atoms with E-state index in [-0.39, 0.29) is 17.5 Å². The summed E-state index contributed by atoms with van der Waals surface area (Å²) in [5.74, 6) is 1.34. The van der Waals surface area contributed by atoms with E-state index in [9.17, 15) is 4.79 Å². The van der Waals surface area contributed by atoms with Gasteiger partial charge in [-0.25, -0.2) is 0 Å². The third kappa shape index (κ3) is 3.13. The number of rotatable bonds is 5. The van der Waals surface area contributed by atoms with Gasteiger partial charge in [0, 0.05) is 24.3 Å². The number of likely N-dealkylation sites (tertiary alicyclic amines) is 1. The Bertz CT molecular complexity index is 672. The molecular weight excluding hydrogens is 318 g/mol. The quantitative estimate of drug-likeness (QED) is 0.607. The predicted octanol–water partition coefficient (Wildman–Crippen LogP) is 2.93. The first-order valence-electron chi connectivity index (χ1n) is 8.85. The highest BCUT2D eigenvalue weighted by atomic mass is 16.5. The number of carbonyl (C=O) groups excluding carboxylic acids is 1. The molecule has 3 atom stereocenters. The molecular formula is C20H27NO4. The number of carbonyl (C=O) groups is 1. The largest absolute Gasteiger partial charge is 0.493 e. The van der Waals surface area contributed by atoms with Crippen molar-refractivity contribution >= 4 is 5.97 Å². The van der Waals surface area contributed by atoms with Crippen LogP contribution in [-0.2, 0) is 14.9 Å². The van der Waals surface area contributed by atoms with Crippen LogP contribution in [0.3, 0.4) is 0 Å². The maximum atomic E-state index is 11.7. The minimum Gasteiger partial charge on any atom is -0.493 e. The zero-order chi connectivity index (χ0) is 18.0. The maximum Gasteiger partial charge on any atom is 0.306 e. The summed E-state index contributed by atoms with van der Waals surface area (Å²) in [5.41, 5.74) is 1.14. The van der Waals surface area contributed by atoms with Crippen molar-refractivity contribution in [3.8, 4) is 11.5 Å². The molecule has 0 unspecified atom stereocenters. The zero-order valence-corrected chi connectivity index (χ0v) is 15.5. The lowest BCUT2D eigenvalue weighted by Gasteiger charge is -2.40. The zero-order valence-electron chi connectivity index (χ0n) is 15.5. The molecule has 0 aromatic heterocycles. The molecule has 5 heteroatoms. The van der Waals surface area contributed by atoms with Crippen LogP contribution in [0.5, 0.6) is 11.5 Å². The van der Waals surface area contributed by atoms with Gasteiger partial charge in [0.25, 0.3) is 0 Å². The van der Waals surface area contributed by atoms with Crippen molar-refractivity contribution in [3.05, 3.63) is 35.9 Å². The molecule has 5 nitrogen and oxygen atoms in total. The third-order valence-electron chi connectivity index (χ3n) is 5.56. The molecule has 0 saturated carbocycles. The Kier molecular flexibility index (Phi) is 5.04. The lowest BCUT2D eigenvalue weighted by atomic mass is 9.69. The number of fused-ring (bicyclic) bond motifs is 1. The Labute approximate surface area is 149 Å². The summed E-state index contributed by atoms with van der Waals surface area (Å²) in [6.07, 6.45) is 6.40. The second-order valence-electron chi connectivity index (χ2n) is 6.83. The van der Waals surface area contributed by atoms with Crippen LogP contribution in [0, 0.1) is 0 Å². The Hall–Kier alpha value is -2.01. The highest BCUT2D eigenvalue weighted by molar-refractivity contribution is 5.69. The third-order valence-corrected chi connectivity index (χ3v) is 5.56. The molecule has 1 fully saturated rings. The summed E-state index contributed by atoms with van der Waals surface area (Å²) in [6, 6.07) is 6.46. The monoisotopic (exact) mass is 345 g/mol. The summed E-state index contributed by atoms with van der Waals surface area (Å²) in [4.78, 5) is 14.0. The molecule has 1 aromatic rings. The number of ether oxygens (including phenoxy) is 3. The second-order valence-corrected chi connectivity index (χ2v) is 6.83. The molecule has 0 spiro atoms. The number of methoxy groups -OCH3 is 2. The smallest absolute Gasteiger partial charge is 0.306 e. The molecule has 0 N–H and O–H groups in total. The lowest BCUT2D eigenvalue weighted by molar-refractivity contribution is -0.147. The van der Waals surface area contributed by atoms with Crippen molar-refractivity contribution in [2.45, 2.75) is 43.7 Å². The van der Waals surface area contributed by atoms with Gasteiger partial charge < -0.3 is 19.1 Å². The van der Waals surface area contributed by atoms with Crippen LogP contribution in [0.15, 0.2) is 30.4 Å². The first kappa shape index (κ1) is 17.8. The standard InChI is InChI=1S/C20H27NO4/c1-5-19(22)25-15-8-9-20(10-11-21(2)18(20)13-15)14-6-7-16(23-3)17(12-14)24-4/h6-9,12,15,18H,5,10-11,13H2,1-4H3/t15-,18+,20+/m1/s1. The number of hydrogen-bond donors (Lipinski definition) is 0. The van der Waals surface area contributed by atoms with Gasteiger partial charge in [0.05, 0.1) is 14.2 Å². The van der Waals surface area contributed by atoms with Crippen LogP contribution in [0.4, 0.5) is 0 Å². The van der Waals surface area contributed by atoms with Crippen LogP contribution in [0.1, 0.15) is 31.7 Å². The van der Waals surface area contributed by atoms with Crippen molar-refractivity contribution in [1.29, 1.82) is 0 Å². The van der Waals surface area contributed by atoms with E-state index in [0.717, 1.165) is 30.9 Å². The van der Waals surface area contributed by atoms with E-state index in [4.69, 9.17) is 14.2 Å². The minimum atomic E-state index is -0.147. The van der Waals surface area contributed by atoms with Crippen LogP contribution >= 0.6 is 0 Å². The first-order chi connectivity index (χ1) is 12.0. The van der Waals surface area contributed by atoms with Gasteiger partial charge in [-0.2, -0.15) is 0 Å². The molecule has 1 aromatic carbocycles. The van der Waals surface area contributed by atoms with Crippen LogP contribution in [0.25, 0.3) is 0 Å². The molecule has 1 saturated heterocycles. The number of likely N-dealkylation sites (N-methyl/N-ethyl adjacent to an activating group) is 1.